The van der Waals surface area contributed by atoms with Gasteiger partial charge in [0.2, 0.25) is 0 Å². The fraction of sp³-hybridized carbons (Fsp3) is 0.765. The number of thiophene rings is 1. The fourth-order valence-electron chi connectivity index (χ4n) is 4.44. The highest BCUT2D eigenvalue weighted by Gasteiger charge is 2.44. The molecule has 2 aliphatic rings. The van der Waals surface area contributed by atoms with Gasteiger partial charge in [-0.25, -0.2) is 0 Å². The lowest BCUT2D eigenvalue weighted by atomic mass is 9.66. The molecule has 0 atom stereocenters. The van der Waals surface area contributed by atoms with Gasteiger partial charge in [-0.05, 0) is 73.4 Å². The zero-order chi connectivity index (χ0) is 14.1. The lowest BCUT2D eigenvalue weighted by molar-refractivity contribution is 0.0258. The van der Waals surface area contributed by atoms with E-state index in [9.17, 15) is 0 Å². The van der Waals surface area contributed by atoms with E-state index in [0.29, 0.717) is 5.41 Å². The minimum atomic E-state index is 0.246. The topological polar surface area (TPSA) is 29.3 Å². The fourth-order valence-corrected chi connectivity index (χ4v) is 5.10. The highest BCUT2D eigenvalue weighted by atomic mass is 32.1. The molecule has 0 bridgehead atoms. The summed E-state index contributed by atoms with van der Waals surface area (Å²) in [6.07, 6.45) is 11.3. The van der Waals surface area contributed by atoms with Crippen LogP contribution in [0.2, 0.25) is 0 Å². The zero-order valence-electron chi connectivity index (χ0n) is 12.7. The molecule has 112 valence electrons. The average Bonchev–Trinajstić information content (AvgIpc) is 3.13. The number of nitrogens with zero attached hydrogens (tertiary/aromatic N) is 1. The third kappa shape index (κ3) is 2.68. The standard InChI is InChI=1S/C17H28N2S/c1-19(12-15-4-11-20-13-15)17(14-18)9-7-16(8-10-17)5-2-3-6-16/h4,11,13H,2-3,5-10,12,14,18H2,1H3. The molecule has 0 aliphatic heterocycles. The molecule has 0 saturated heterocycles. The SMILES string of the molecule is CN(Cc1ccsc1)C1(CN)CCC2(CCCC2)CC1. The number of hydrogen-bond donors (Lipinski definition) is 1. The summed E-state index contributed by atoms with van der Waals surface area (Å²) in [5, 5.41) is 4.44. The van der Waals surface area contributed by atoms with Crippen LogP contribution in [0.1, 0.15) is 56.9 Å². The van der Waals surface area contributed by atoms with Crippen molar-refractivity contribution in [3.8, 4) is 0 Å². The summed E-state index contributed by atoms with van der Waals surface area (Å²) in [4.78, 5) is 2.54. The molecule has 1 spiro atoms. The summed E-state index contributed by atoms with van der Waals surface area (Å²) >= 11 is 1.79. The maximum Gasteiger partial charge on any atom is 0.0332 e. The van der Waals surface area contributed by atoms with Crippen molar-refractivity contribution in [2.24, 2.45) is 11.1 Å². The van der Waals surface area contributed by atoms with Crippen LogP contribution in [0.3, 0.4) is 0 Å². The number of hydrogen-bond acceptors (Lipinski definition) is 3. The Labute approximate surface area is 127 Å². The summed E-state index contributed by atoms with van der Waals surface area (Å²) < 4.78 is 0. The van der Waals surface area contributed by atoms with E-state index in [-0.39, 0.29) is 5.54 Å². The van der Waals surface area contributed by atoms with Crippen molar-refractivity contribution in [3.63, 3.8) is 0 Å². The molecule has 3 heteroatoms. The van der Waals surface area contributed by atoms with E-state index in [1.54, 1.807) is 11.3 Å². The largest absolute Gasteiger partial charge is 0.329 e. The maximum absolute atomic E-state index is 6.22. The van der Waals surface area contributed by atoms with Gasteiger partial charge in [-0.1, -0.05) is 12.8 Å². The second-order valence-electron chi connectivity index (χ2n) is 7.12. The van der Waals surface area contributed by atoms with Gasteiger partial charge in [0, 0.05) is 18.6 Å². The predicted molar refractivity (Wildman–Crippen MR) is 86.9 cm³/mol. The molecule has 0 aromatic carbocycles. The summed E-state index contributed by atoms with van der Waals surface area (Å²) in [6, 6.07) is 2.24. The summed E-state index contributed by atoms with van der Waals surface area (Å²) in [5.74, 6) is 0. The molecule has 2 N–H and O–H groups in total. The molecule has 0 amide bonds. The smallest absolute Gasteiger partial charge is 0.0332 e. The monoisotopic (exact) mass is 292 g/mol. The Morgan fingerprint density at radius 3 is 2.40 bits per heavy atom. The van der Waals surface area contributed by atoms with Gasteiger partial charge in [0.15, 0.2) is 0 Å². The molecular weight excluding hydrogens is 264 g/mol. The van der Waals surface area contributed by atoms with Crippen molar-refractivity contribution in [3.05, 3.63) is 22.4 Å². The van der Waals surface area contributed by atoms with Crippen LogP contribution in [-0.2, 0) is 6.54 Å². The molecule has 0 radical (unpaired) electrons. The molecule has 2 aliphatic carbocycles. The van der Waals surface area contributed by atoms with E-state index in [4.69, 9.17) is 5.73 Å². The molecule has 2 saturated carbocycles. The Morgan fingerprint density at radius 2 is 1.85 bits per heavy atom. The van der Waals surface area contributed by atoms with Gasteiger partial charge in [0.05, 0.1) is 0 Å². The predicted octanol–water partition coefficient (Wildman–Crippen LogP) is 4.01. The Kier molecular flexibility index (Phi) is 4.21. The van der Waals surface area contributed by atoms with E-state index < -0.39 is 0 Å². The normalized spacial score (nSPS) is 24.6. The van der Waals surface area contributed by atoms with Crippen LogP contribution in [0.25, 0.3) is 0 Å². The van der Waals surface area contributed by atoms with Crippen molar-refractivity contribution in [2.75, 3.05) is 13.6 Å². The summed E-state index contributed by atoms with van der Waals surface area (Å²) in [5.41, 5.74) is 8.59. The second-order valence-corrected chi connectivity index (χ2v) is 7.90. The van der Waals surface area contributed by atoms with Gasteiger partial charge >= 0.3 is 0 Å². The Hall–Kier alpha value is -0.380. The summed E-state index contributed by atoms with van der Waals surface area (Å²) in [7, 11) is 2.27. The van der Waals surface area contributed by atoms with Crippen molar-refractivity contribution in [1.82, 2.24) is 4.90 Å². The average molecular weight is 292 g/mol. The van der Waals surface area contributed by atoms with E-state index >= 15 is 0 Å². The first-order valence-electron chi connectivity index (χ1n) is 8.11. The summed E-state index contributed by atoms with van der Waals surface area (Å²) in [6.45, 7) is 1.86. The van der Waals surface area contributed by atoms with Crippen molar-refractivity contribution >= 4 is 11.3 Å². The van der Waals surface area contributed by atoms with Gasteiger partial charge in [-0.3, -0.25) is 4.90 Å². The molecule has 1 heterocycles. The lowest BCUT2D eigenvalue weighted by Crippen LogP contribution is -2.54. The lowest BCUT2D eigenvalue weighted by Gasteiger charge is -2.49. The first-order valence-corrected chi connectivity index (χ1v) is 9.05. The van der Waals surface area contributed by atoms with E-state index in [1.807, 2.05) is 0 Å². The van der Waals surface area contributed by atoms with Crippen molar-refractivity contribution < 1.29 is 0 Å². The van der Waals surface area contributed by atoms with Crippen LogP contribution in [0.5, 0.6) is 0 Å². The Balaban J connectivity index is 1.66. The molecule has 1 aromatic rings. The van der Waals surface area contributed by atoms with Crippen LogP contribution in [0.4, 0.5) is 0 Å². The first kappa shape index (κ1) is 14.6. The van der Waals surface area contributed by atoms with Gasteiger partial charge in [-0.15, -0.1) is 0 Å². The zero-order valence-corrected chi connectivity index (χ0v) is 13.6. The number of rotatable bonds is 4. The van der Waals surface area contributed by atoms with Crippen molar-refractivity contribution in [2.45, 2.75) is 63.5 Å². The van der Waals surface area contributed by atoms with Crippen LogP contribution >= 0.6 is 11.3 Å². The van der Waals surface area contributed by atoms with E-state index in [0.717, 1.165) is 13.1 Å². The quantitative estimate of drug-likeness (QED) is 0.908. The highest BCUT2D eigenvalue weighted by molar-refractivity contribution is 7.07. The molecule has 3 rings (SSSR count). The Morgan fingerprint density at radius 1 is 1.15 bits per heavy atom. The minimum Gasteiger partial charge on any atom is -0.329 e. The first-order chi connectivity index (χ1) is 9.68. The van der Waals surface area contributed by atoms with Crippen LogP contribution in [-0.4, -0.2) is 24.0 Å². The molecule has 0 unspecified atom stereocenters. The van der Waals surface area contributed by atoms with Gasteiger partial charge in [-0.2, -0.15) is 11.3 Å². The molecule has 2 nitrogen and oxygen atoms in total. The minimum absolute atomic E-state index is 0.246. The van der Waals surface area contributed by atoms with E-state index in [1.165, 1.54) is 56.9 Å². The van der Waals surface area contributed by atoms with E-state index in [2.05, 4.69) is 28.8 Å². The van der Waals surface area contributed by atoms with Gasteiger partial charge in [0.25, 0.3) is 0 Å². The molecule has 20 heavy (non-hydrogen) atoms. The Bertz CT molecular complexity index is 410. The van der Waals surface area contributed by atoms with Crippen LogP contribution in [0.15, 0.2) is 16.8 Å². The maximum atomic E-state index is 6.22. The number of nitrogens with two attached hydrogens (primary N) is 1. The molecular formula is C17H28N2S. The molecule has 2 fully saturated rings. The van der Waals surface area contributed by atoms with Gasteiger partial charge in [0.1, 0.15) is 0 Å². The second kappa shape index (κ2) is 5.78. The highest BCUT2D eigenvalue weighted by Crippen LogP contribution is 2.52. The molecule has 1 aromatic heterocycles. The van der Waals surface area contributed by atoms with Crippen LogP contribution < -0.4 is 5.73 Å². The third-order valence-corrected chi connectivity index (χ3v) is 6.83. The third-order valence-electron chi connectivity index (χ3n) is 6.10. The number of likely N-dealkylation sites (N-methyl/N-ethyl adjacent to an activating group) is 1. The van der Waals surface area contributed by atoms with Gasteiger partial charge < -0.3 is 5.73 Å². The van der Waals surface area contributed by atoms with Crippen LogP contribution in [0, 0.1) is 5.41 Å². The van der Waals surface area contributed by atoms with Crippen molar-refractivity contribution in [1.29, 1.82) is 0 Å².